The number of hydrogen-bond acceptors (Lipinski definition) is 3. The van der Waals surface area contributed by atoms with E-state index in [-0.39, 0.29) is 18.2 Å². The number of rotatable bonds is 4. The second-order valence-corrected chi connectivity index (χ2v) is 6.55. The zero-order chi connectivity index (χ0) is 16.2. The molecule has 1 aliphatic carbocycles. The predicted molar refractivity (Wildman–Crippen MR) is 88.7 cm³/mol. The SMILES string of the molecule is COC[C@@H]1CN(C(=O)NC[C@@H]2CCc3ccccc32)C[C@H](C)O1. The van der Waals surface area contributed by atoms with Gasteiger partial charge in [0.05, 0.1) is 25.4 Å². The van der Waals surface area contributed by atoms with Crippen LogP contribution < -0.4 is 5.32 Å². The molecule has 1 aliphatic heterocycles. The summed E-state index contributed by atoms with van der Waals surface area (Å²) in [7, 11) is 1.66. The third-order valence-corrected chi connectivity index (χ3v) is 4.72. The van der Waals surface area contributed by atoms with Gasteiger partial charge in [-0.15, -0.1) is 0 Å². The maximum Gasteiger partial charge on any atom is 0.317 e. The number of urea groups is 1. The molecule has 23 heavy (non-hydrogen) atoms. The van der Waals surface area contributed by atoms with Crippen LogP contribution >= 0.6 is 0 Å². The van der Waals surface area contributed by atoms with E-state index in [1.54, 1.807) is 7.11 Å². The Morgan fingerprint density at radius 2 is 2.22 bits per heavy atom. The first-order valence-electron chi connectivity index (χ1n) is 8.42. The summed E-state index contributed by atoms with van der Waals surface area (Å²) < 4.78 is 10.9. The molecule has 1 N–H and O–H groups in total. The largest absolute Gasteiger partial charge is 0.382 e. The second kappa shape index (κ2) is 7.32. The minimum Gasteiger partial charge on any atom is -0.382 e. The normalized spacial score (nSPS) is 26.9. The van der Waals surface area contributed by atoms with Gasteiger partial charge in [-0.05, 0) is 30.9 Å². The number of fused-ring (bicyclic) bond motifs is 1. The van der Waals surface area contributed by atoms with Gasteiger partial charge in [-0.25, -0.2) is 4.79 Å². The standard InChI is InChI=1S/C18H26N2O3/c1-13-10-20(11-16(23-13)12-22-2)18(21)19-9-15-8-7-14-5-3-4-6-17(14)15/h3-6,13,15-16H,7-12H2,1-2H3,(H,19,21)/t13-,15-,16-/m0/s1. The van der Waals surface area contributed by atoms with Gasteiger partial charge in [0.1, 0.15) is 0 Å². The molecule has 3 rings (SSSR count). The Bertz CT molecular complexity index is 549. The van der Waals surface area contributed by atoms with Crippen LogP contribution in [0.2, 0.25) is 0 Å². The van der Waals surface area contributed by atoms with E-state index in [1.165, 1.54) is 11.1 Å². The number of morpholine rings is 1. The molecule has 1 heterocycles. The monoisotopic (exact) mass is 318 g/mol. The van der Waals surface area contributed by atoms with Gasteiger partial charge in [0.15, 0.2) is 0 Å². The first-order chi connectivity index (χ1) is 11.2. The van der Waals surface area contributed by atoms with E-state index in [0.717, 1.165) is 12.8 Å². The molecule has 0 saturated carbocycles. The molecule has 5 heteroatoms. The van der Waals surface area contributed by atoms with E-state index in [4.69, 9.17) is 9.47 Å². The average Bonchev–Trinajstić information content (AvgIpc) is 2.95. The molecule has 2 aliphatic rings. The number of amides is 2. The third-order valence-electron chi connectivity index (χ3n) is 4.72. The summed E-state index contributed by atoms with van der Waals surface area (Å²) in [6.07, 6.45) is 2.23. The number of nitrogens with zero attached hydrogens (tertiary/aromatic N) is 1. The molecule has 1 saturated heterocycles. The highest BCUT2D eigenvalue weighted by molar-refractivity contribution is 5.74. The van der Waals surface area contributed by atoms with Crippen LogP contribution in [0.5, 0.6) is 0 Å². The van der Waals surface area contributed by atoms with E-state index in [9.17, 15) is 4.79 Å². The second-order valence-electron chi connectivity index (χ2n) is 6.55. The highest BCUT2D eigenvalue weighted by Gasteiger charge is 2.29. The molecule has 126 valence electrons. The molecular weight excluding hydrogens is 292 g/mol. The Morgan fingerprint density at radius 1 is 1.39 bits per heavy atom. The Morgan fingerprint density at radius 3 is 3.04 bits per heavy atom. The number of hydrogen-bond donors (Lipinski definition) is 1. The minimum atomic E-state index is -0.0401. The van der Waals surface area contributed by atoms with Crippen molar-refractivity contribution in [1.82, 2.24) is 10.2 Å². The highest BCUT2D eigenvalue weighted by Crippen LogP contribution is 2.32. The van der Waals surface area contributed by atoms with Crippen molar-refractivity contribution in [2.24, 2.45) is 0 Å². The Labute approximate surface area is 137 Å². The Kier molecular flexibility index (Phi) is 5.18. The lowest BCUT2D eigenvalue weighted by Crippen LogP contribution is -2.53. The van der Waals surface area contributed by atoms with Crippen molar-refractivity contribution in [3.8, 4) is 0 Å². The summed E-state index contributed by atoms with van der Waals surface area (Å²) in [5.41, 5.74) is 2.81. The molecule has 1 fully saturated rings. The average molecular weight is 318 g/mol. The van der Waals surface area contributed by atoms with Gasteiger partial charge < -0.3 is 19.7 Å². The first kappa shape index (κ1) is 16.3. The van der Waals surface area contributed by atoms with Crippen molar-refractivity contribution in [3.63, 3.8) is 0 Å². The molecule has 2 amide bonds. The van der Waals surface area contributed by atoms with Crippen molar-refractivity contribution < 1.29 is 14.3 Å². The molecular formula is C18H26N2O3. The molecule has 1 aromatic carbocycles. The molecule has 0 bridgehead atoms. The number of aryl methyl sites for hydroxylation is 1. The van der Waals surface area contributed by atoms with E-state index in [2.05, 4.69) is 29.6 Å². The summed E-state index contributed by atoms with van der Waals surface area (Å²) in [5.74, 6) is 0.434. The lowest BCUT2D eigenvalue weighted by molar-refractivity contribution is -0.0896. The number of ether oxygens (including phenoxy) is 2. The fourth-order valence-corrected chi connectivity index (χ4v) is 3.67. The van der Waals surface area contributed by atoms with Gasteiger partial charge in [-0.2, -0.15) is 0 Å². The number of carbonyl (C=O) groups is 1. The number of nitrogens with one attached hydrogen (secondary N) is 1. The van der Waals surface area contributed by atoms with E-state index < -0.39 is 0 Å². The van der Waals surface area contributed by atoms with Gasteiger partial charge in [-0.3, -0.25) is 0 Å². The molecule has 0 spiro atoms. The zero-order valence-corrected chi connectivity index (χ0v) is 14.0. The van der Waals surface area contributed by atoms with Crippen LogP contribution in [0.3, 0.4) is 0 Å². The van der Waals surface area contributed by atoms with Gasteiger partial charge in [0.2, 0.25) is 0 Å². The minimum absolute atomic E-state index is 0.00522. The molecule has 3 atom stereocenters. The van der Waals surface area contributed by atoms with Crippen molar-refractivity contribution in [2.75, 3.05) is 33.4 Å². The maximum absolute atomic E-state index is 12.5. The Balaban J connectivity index is 1.53. The van der Waals surface area contributed by atoms with Gasteiger partial charge in [0.25, 0.3) is 0 Å². The predicted octanol–water partition coefficient (Wildman–Crippen LogP) is 2.16. The third kappa shape index (κ3) is 3.85. The molecule has 0 radical (unpaired) electrons. The van der Waals surface area contributed by atoms with E-state index in [0.29, 0.717) is 32.2 Å². The van der Waals surface area contributed by atoms with Crippen molar-refractivity contribution in [1.29, 1.82) is 0 Å². The van der Waals surface area contributed by atoms with Crippen molar-refractivity contribution >= 4 is 6.03 Å². The number of benzene rings is 1. The Hall–Kier alpha value is -1.59. The summed E-state index contributed by atoms with van der Waals surface area (Å²) in [6.45, 7) is 4.44. The van der Waals surface area contributed by atoms with Gasteiger partial charge >= 0.3 is 6.03 Å². The van der Waals surface area contributed by atoms with Gasteiger partial charge in [0, 0.05) is 26.1 Å². The molecule has 5 nitrogen and oxygen atoms in total. The van der Waals surface area contributed by atoms with Crippen LogP contribution in [0.25, 0.3) is 0 Å². The number of methoxy groups -OCH3 is 1. The number of carbonyl (C=O) groups excluding carboxylic acids is 1. The molecule has 1 aromatic rings. The van der Waals surface area contributed by atoms with Crippen LogP contribution in [0, 0.1) is 0 Å². The smallest absolute Gasteiger partial charge is 0.317 e. The fraction of sp³-hybridized carbons (Fsp3) is 0.611. The van der Waals surface area contributed by atoms with Crippen molar-refractivity contribution in [2.45, 2.75) is 37.9 Å². The zero-order valence-electron chi connectivity index (χ0n) is 14.0. The maximum atomic E-state index is 12.5. The van der Waals surface area contributed by atoms with Crippen LogP contribution in [0.15, 0.2) is 24.3 Å². The summed E-state index contributed by atoms with van der Waals surface area (Å²) in [5, 5.41) is 3.11. The summed E-state index contributed by atoms with van der Waals surface area (Å²) in [4.78, 5) is 14.3. The molecule has 0 unspecified atom stereocenters. The quantitative estimate of drug-likeness (QED) is 0.925. The van der Waals surface area contributed by atoms with Crippen LogP contribution in [-0.4, -0.2) is 56.5 Å². The van der Waals surface area contributed by atoms with Crippen LogP contribution in [0.4, 0.5) is 4.79 Å². The van der Waals surface area contributed by atoms with E-state index >= 15 is 0 Å². The summed E-state index contributed by atoms with van der Waals surface area (Å²) >= 11 is 0. The molecule has 0 aromatic heterocycles. The summed E-state index contributed by atoms with van der Waals surface area (Å²) in [6, 6.07) is 8.55. The first-order valence-corrected chi connectivity index (χ1v) is 8.42. The highest BCUT2D eigenvalue weighted by atomic mass is 16.5. The van der Waals surface area contributed by atoms with E-state index in [1.807, 2.05) is 11.8 Å². The van der Waals surface area contributed by atoms with Gasteiger partial charge in [-0.1, -0.05) is 24.3 Å². The lowest BCUT2D eigenvalue weighted by atomic mass is 10.0. The van der Waals surface area contributed by atoms with Crippen molar-refractivity contribution in [3.05, 3.63) is 35.4 Å². The topological polar surface area (TPSA) is 50.8 Å². The lowest BCUT2D eigenvalue weighted by Gasteiger charge is -2.36. The van der Waals surface area contributed by atoms with Crippen LogP contribution in [-0.2, 0) is 15.9 Å². The van der Waals surface area contributed by atoms with Crippen LogP contribution in [0.1, 0.15) is 30.4 Å². The fourth-order valence-electron chi connectivity index (χ4n) is 3.67.